The van der Waals surface area contributed by atoms with Crippen LogP contribution < -0.4 is 5.32 Å². The zero-order chi connectivity index (χ0) is 24.1. The molecule has 180 valence electrons. The lowest BCUT2D eigenvalue weighted by molar-refractivity contribution is -0.120. The van der Waals surface area contributed by atoms with E-state index in [2.05, 4.69) is 5.32 Å². The second kappa shape index (κ2) is 10.5. The first-order chi connectivity index (χ1) is 16.3. The van der Waals surface area contributed by atoms with Gasteiger partial charge in [-0.05, 0) is 68.1 Å². The molecule has 0 spiro atoms. The fourth-order valence-corrected chi connectivity index (χ4v) is 5.91. The number of nitrogens with one attached hydrogen (secondary N) is 1. The maximum Gasteiger partial charge on any atom is 0.243 e. The number of hydrogen-bond acceptors (Lipinski definition) is 5. The molecule has 0 aliphatic carbocycles. The molecule has 2 aromatic carbocycles. The van der Waals surface area contributed by atoms with E-state index in [9.17, 15) is 13.2 Å². The zero-order valence-electron chi connectivity index (χ0n) is 19.5. The Labute approximate surface area is 200 Å². The van der Waals surface area contributed by atoms with Crippen LogP contribution in [0, 0.1) is 19.8 Å². The molecule has 1 saturated heterocycles. The lowest BCUT2D eigenvalue weighted by Gasteiger charge is -2.31. The van der Waals surface area contributed by atoms with Gasteiger partial charge in [-0.15, -0.1) is 0 Å². The highest BCUT2D eigenvalue weighted by atomic mass is 32.2. The monoisotopic (exact) mass is 482 g/mol. The number of rotatable bonds is 8. The smallest absolute Gasteiger partial charge is 0.243 e. The Kier molecular flexibility index (Phi) is 7.50. The van der Waals surface area contributed by atoms with Crippen molar-refractivity contribution < 1.29 is 22.4 Å². The van der Waals surface area contributed by atoms with Crippen molar-refractivity contribution in [2.24, 2.45) is 5.92 Å². The van der Waals surface area contributed by atoms with E-state index < -0.39 is 10.0 Å². The number of carbonyl (C=O) groups is 1. The summed E-state index contributed by atoms with van der Waals surface area (Å²) in [5.41, 5.74) is 3.42. The highest BCUT2D eigenvalue weighted by Gasteiger charge is 2.32. The molecule has 34 heavy (non-hydrogen) atoms. The van der Waals surface area contributed by atoms with Crippen LogP contribution in [0.15, 0.2) is 70.2 Å². The fourth-order valence-electron chi connectivity index (χ4n) is 4.23. The molecule has 2 heterocycles. The minimum Gasteiger partial charge on any atom is -0.467 e. The standard InChI is InChI=1S/C26H30N2O5S/c1-19-8-9-25(20(2)15-19)34(30,31)28-12-10-22(11-13-28)26(29)27-23-6-3-5-21(16-23)17-32-18-24-7-4-14-33-24/h3-9,14-16,22H,10-13,17-18H2,1-2H3,(H,27,29). The van der Waals surface area contributed by atoms with Crippen LogP contribution >= 0.6 is 0 Å². The molecular formula is C26H30N2O5S. The molecule has 0 atom stereocenters. The number of aryl methyl sites for hydroxylation is 2. The molecule has 1 amide bonds. The number of furan rings is 1. The first kappa shape index (κ1) is 24.2. The molecule has 0 unspecified atom stereocenters. The second-order valence-corrected chi connectivity index (χ2v) is 10.6. The van der Waals surface area contributed by atoms with E-state index >= 15 is 0 Å². The number of benzene rings is 2. The molecule has 3 aromatic rings. The topological polar surface area (TPSA) is 88.9 Å². The van der Waals surface area contributed by atoms with Crippen LogP contribution in [0.3, 0.4) is 0 Å². The Balaban J connectivity index is 1.30. The largest absolute Gasteiger partial charge is 0.467 e. The maximum atomic E-state index is 13.1. The first-order valence-corrected chi connectivity index (χ1v) is 12.8. The van der Waals surface area contributed by atoms with Crippen LogP contribution in [0.2, 0.25) is 0 Å². The SMILES string of the molecule is Cc1ccc(S(=O)(=O)N2CCC(C(=O)Nc3cccc(COCc4ccco4)c3)CC2)c(C)c1. The predicted octanol–water partition coefficient (Wildman–Crippen LogP) is 4.65. The molecule has 7 nitrogen and oxygen atoms in total. The lowest BCUT2D eigenvalue weighted by Crippen LogP contribution is -2.41. The number of hydrogen-bond donors (Lipinski definition) is 1. The Morgan fingerprint density at radius 2 is 1.85 bits per heavy atom. The van der Waals surface area contributed by atoms with Gasteiger partial charge in [0.25, 0.3) is 0 Å². The maximum absolute atomic E-state index is 13.1. The number of ether oxygens (including phenoxy) is 1. The molecule has 1 aliphatic heterocycles. The summed E-state index contributed by atoms with van der Waals surface area (Å²) >= 11 is 0. The van der Waals surface area contributed by atoms with Crippen LogP contribution in [0.4, 0.5) is 5.69 Å². The third-order valence-corrected chi connectivity index (χ3v) is 8.12. The predicted molar refractivity (Wildman–Crippen MR) is 130 cm³/mol. The Morgan fingerprint density at radius 3 is 2.56 bits per heavy atom. The summed E-state index contributed by atoms with van der Waals surface area (Å²) in [7, 11) is -3.57. The average molecular weight is 483 g/mol. The normalized spacial score (nSPS) is 15.4. The average Bonchev–Trinajstić information content (AvgIpc) is 3.33. The summed E-state index contributed by atoms with van der Waals surface area (Å²) in [4.78, 5) is 13.2. The molecule has 8 heteroatoms. The second-order valence-electron chi connectivity index (χ2n) is 8.71. The van der Waals surface area contributed by atoms with Gasteiger partial charge in [0, 0.05) is 24.7 Å². The molecule has 1 N–H and O–H groups in total. The number of nitrogens with zero attached hydrogens (tertiary/aromatic N) is 1. The number of anilines is 1. The van der Waals surface area contributed by atoms with E-state index in [1.807, 2.05) is 62.4 Å². The minimum absolute atomic E-state index is 0.0859. The number of carbonyl (C=O) groups excluding carboxylic acids is 1. The van der Waals surface area contributed by atoms with Crippen LogP contribution in [-0.2, 0) is 32.8 Å². The molecule has 1 aromatic heterocycles. The van der Waals surface area contributed by atoms with Gasteiger partial charge >= 0.3 is 0 Å². The van der Waals surface area contributed by atoms with Crippen LogP contribution in [0.1, 0.15) is 35.3 Å². The lowest BCUT2D eigenvalue weighted by atomic mass is 9.97. The van der Waals surface area contributed by atoms with Crippen LogP contribution in [-0.4, -0.2) is 31.7 Å². The summed E-state index contributed by atoms with van der Waals surface area (Å²) in [5, 5.41) is 2.98. The molecule has 1 fully saturated rings. The van der Waals surface area contributed by atoms with Crippen LogP contribution in [0.25, 0.3) is 0 Å². The Bertz CT molecular complexity index is 1230. The fraction of sp³-hybridized carbons (Fsp3) is 0.346. The van der Waals surface area contributed by atoms with Crippen molar-refractivity contribution in [2.75, 3.05) is 18.4 Å². The quantitative estimate of drug-likeness (QED) is 0.505. The van der Waals surface area contributed by atoms with E-state index in [0.717, 1.165) is 22.5 Å². The van der Waals surface area contributed by atoms with Crippen molar-refractivity contribution >= 4 is 21.6 Å². The third-order valence-electron chi connectivity index (χ3n) is 6.06. The molecule has 0 bridgehead atoms. The van der Waals surface area contributed by atoms with E-state index in [-0.39, 0.29) is 11.8 Å². The van der Waals surface area contributed by atoms with E-state index in [0.29, 0.717) is 49.7 Å². The van der Waals surface area contributed by atoms with Gasteiger partial charge < -0.3 is 14.5 Å². The van der Waals surface area contributed by atoms with Gasteiger partial charge in [-0.2, -0.15) is 4.31 Å². The molecular weight excluding hydrogens is 452 g/mol. The summed E-state index contributed by atoms with van der Waals surface area (Å²) in [5.74, 6) is 0.442. The summed E-state index contributed by atoms with van der Waals surface area (Å²) in [6.07, 6.45) is 2.59. The van der Waals surface area contributed by atoms with Crippen molar-refractivity contribution in [3.8, 4) is 0 Å². The molecule has 1 aliphatic rings. The van der Waals surface area contributed by atoms with Gasteiger partial charge in [-0.25, -0.2) is 8.42 Å². The Morgan fingerprint density at radius 1 is 1.06 bits per heavy atom. The van der Waals surface area contributed by atoms with Gasteiger partial charge in [0.1, 0.15) is 12.4 Å². The van der Waals surface area contributed by atoms with Crippen molar-refractivity contribution in [3.63, 3.8) is 0 Å². The highest BCUT2D eigenvalue weighted by Crippen LogP contribution is 2.27. The zero-order valence-corrected chi connectivity index (χ0v) is 20.3. The summed E-state index contributed by atoms with van der Waals surface area (Å²) in [6.45, 7) is 5.20. The summed E-state index contributed by atoms with van der Waals surface area (Å²) < 4.78 is 38.6. The van der Waals surface area contributed by atoms with E-state index in [4.69, 9.17) is 9.15 Å². The summed E-state index contributed by atoms with van der Waals surface area (Å²) in [6, 6.07) is 16.6. The van der Waals surface area contributed by atoms with Crippen molar-refractivity contribution in [1.29, 1.82) is 0 Å². The van der Waals surface area contributed by atoms with Gasteiger partial charge in [0.15, 0.2) is 0 Å². The van der Waals surface area contributed by atoms with Gasteiger partial charge in [0.2, 0.25) is 15.9 Å². The molecule has 0 saturated carbocycles. The van der Waals surface area contributed by atoms with Crippen molar-refractivity contribution in [3.05, 3.63) is 83.3 Å². The highest BCUT2D eigenvalue weighted by molar-refractivity contribution is 7.89. The first-order valence-electron chi connectivity index (χ1n) is 11.4. The van der Waals surface area contributed by atoms with Gasteiger partial charge in [-0.3, -0.25) is 4.79 Å². The molecule has 4 rings (SSSR count). The van der Waals surface area contributed by atoms with Crippen molar-refractivity contribution in [1.82, 2.24) is 4.31 Å². The van der Waals surface area contributed by atoms with Crippen molar-refractivity contribution in [2.45, 2.75) is 44.8 Å². The minimum atomic E-state index is -3.57. The van der Waals surface area contributed by atoms with E-state index in [1.165, 1.54) is 4.31 Å². The number of piperidine rings is 1. The van der Waals surface area contributed by atoms with E-state index in [1.54, 1.807) is 12.3 Å². The number of sulfonamides is 1. The third kappa shape index (κ3) is 5.75. The van der Waals surface area contributed by atoms with Gasteiger partial charge in [-0.1, -0.05) is 29.8 Å². The Hall–Kier alpha value is -2.94. The number of amides is 1. The molecule has 0 radical (unpaired) electrons. The van der Waals surface area contributed by atoms with Gasteiger partial charge in [0.05, 0.1) is 17.8 Å². The van der Waals surface area contributed by atoms with Crippen LogP contribution in [0.5, 0.6) is 0 Å².